The second-order valence-electron chi connectivity index (χ2n) is 3.18. The molecule has 0 aliphatic heterocycles. The molecule has 0 saturated carbocycles. The summed E-state index contributed by atoms with van der Waals surface area (Å²) in [6, 6.07) is 9.57. The first kappa shape index (κ1) is 12.2. The van der Waals surface area contributed by atoms with E-state index in [1.54, 1.807) is 11.3 Å². The fraction of sp³-hybridized carbons (Fsp3) is 0.0909. The van der Waals surface area contributed by atoms with Gasteiger partial charge >= 0.3 is 0 Å². The molecule has 16 heavy (non-hydrogen) atoms. The summed E-state index contributed by atoms with van der Waals surface area (Å²) in [6.07, 6.45) is 0. The average molecular weight is 337 g/mol. The summed E-state index contributed by atoms with van der Waals surface area (Å²) in [6.45, 7) is 0.746. The van der Waals surface area contributed by atoms with E-state index in [4.69, 9.17) is 23.2 Å². The number of benzene rings is 1. The van der Waals surface area contributed by atoms with E-state index in [0.29, 0.717) is 0 Å². The SMILES string of the molecule is Clc1ccc(Br)c(NCc2ccc(Cl)s2)c1. The van der Waals surface area contributed by atoms with Crippen LogP contribution in [0.3, 0.4) is 0 Å². The van der Waals surface area contributed by atoms with Crippen LogP contribution in [0.15, 0.2) is 34.8 Å². The van der Waals surface area contributed by atoms with Gasteiger partial charge in [-0.05, 0) is 46.3 Å². The number of anilines is 1. The van der Waals surface area contributed by atoms with Gasteiger partial charge in [0.1, 0.15) is 0 Å². The minimum absolute atomic E-state index is 0.718. The van der Waals surface area contributed by atoms with Gasteiger partial charge in [-0.1, -0.05) is 23.2 Å². The Kier molecular flexibility index (Phi) is 4.14. The van der Waals surface area contributed by atoms with Crippen LogP contribution in [0, 0.1) is 0 Å². The van der Waals surface area contributed by atoms with E-state index in [-0.39, 0.29) is 0 Å². The summed E-state index contributed by atoms with van der Waals surface area (Å²) < 4.78 is 1.81. The zero-order valence-electron chi connectivity index (χ0n) is 8.14. The van der Waals surface area contributed by atoms with Gasteiger partial charge in [0.25, 0.3) is 0 Å². The normalized spacial score (nSPS) is 10.4. The number of hydrogen-bond donors (Lipinski definition) is 1. The van der Waals surface area contributed by atoms with Crippen molar-refractivity contribution in [3.63, 3.8) is 0 Å². The first-order valence-electron chi connectivity index (χ1n) is 4.58. The van der Waals surface area contributed by atoms with Crippen LogP contribution in [0.5, 0.6) is 0 Å². The molecule has 0 unspecified atom stereocenters. The molecule has 0 atom stereocenters. The van der Waals surface area contributed by atoms with E-state index in [9.17, 15) is 0 Å². The van der Waals surface area contributed by atoms with Crippen molar-refractivity contribution in [3.05, 3.63) is 49.0 Å². The minimum Gasteiger partial charge on any atom is -0.379 e. The quantitative estimate of drug-likeness (QED) is 0.788. The summed E-state index contributed by atoms with van der Waals surface area (Å²) in [5.74, 6) is 0. The van der Waals surface area contributed by atoms with Gasteiger partial charge in [-0.2, -0.15) is 0 Å². The maximum Gasteiger partial charge on any atom is 0.0931 e. The summed E-state index contributed by atoms with van der Waals surface area (Å²) in [4.78, 5) is 1.19. The van der Waals surface area contributed by atoms with Crippen LogP contribution in [0.25, 0.3) is 0 Å². The molecule has 0 saturated heterocycles. The third-order valence-corrected chi connectivity index (χ3v) is 4.17. The lowest BCUT2D eigenvalue weighted by molar-refractivity contribution is 1.19. The minimum atomic E-state index is 0.718. The standard InChI is InChI=1S/C11H8BrCl2NS/c12-9-3-1-7(13)5-10(9)15-6-8-2-4-11(14)16-8/h1-5,15H,6H2. The van der Waals surface area contributed by atoms with Crippen molar-refractivity contribution >= 4 is 56.2 Å². The molecule has 2 rings (SSSR count). The molecule has 1 aromatic carbocycles. The molecule has 1 nitrogen and oxygen atoms in total. The Morgan fingerprint density at radius 2 is 2.00 bits per heavy atom. The van der Waals surface area contributed by atoms with Crippen LogP contribution in [-0.2, 0) is 6.54 Å². The van der Waals surface area contributed by atoms with Crippen LogP contribution in [0.4, 0.5) is 5.69 Å². The fourth-order valence-electron chi connectivity index (χ4n) is 1.26. The number of halogens is 3. The van der Waals surface area contributed by atoms with Crippen LogP contribution < -0.4 is 5.32 Å². The second kappa shape index (κ2) is 5.41. The van der Waals surface area contributed by atoms with Crippen molar-refractivity contribution in [1.82, 2.24) is 0 Å². The van der Waals surface area contributed by atoms with Gasteiger partial charge in [-0.3, -0.25) is 0 Å². The maximum atomic E-state index is 5.92. The molecule has 0 radical (unpaired) electrons. The third-order valence-electron chi connectivity index (χ3n) is 2.01. The molecule has 1 N–H and O–H groups in total. The van der Waals surface area contributed by atoms with E-state index in [1.807, 2.05) is 30.3 Å². The largest absolute Gasteiger partial charge is 0.379 e. The van der Waals surface area contributed by atoms with Gasteiger partial charge in [0.2, 0.25) is 0 Å². The van der Waals surface area contributed by atoms with E-state index < -0.39 is 0 Å². The Balaban J connectivity index is 2.07. The van der Waals surface area contributed by atoms with E-state index in [0.717, 1.165) is 26.1 Å². The zero-order valence-corrected chi connectivity index (χ0v) is 12.1. The molecule has 2 aromatic rings. The smallest absolute Gasteiger partial charge is 0.0931 e. The Hall–Kier alpha value is -0.220. The molecule has 1 heterocycles. The number of thiophene rings is 1. The predicted octanol–water partition coefficient (Wildman–Crippen LogP) is 5.43. The molecule has 0 bridgehead atoms. The molecule has 0 amide bonds. The van der Waals surface area contributed by atoms with E-state index in [2.05, 4.69) is 21.2 Å². The Morgan fingerprint density at radius 1 is 1.19 bits per heavy atom. The monoisotopic (exact) mass is 335 g/mol. The number of rotatable bonds is 3. The summed E-state index contributed by atoms with van der Waals surface area (Å²) in [5.41, 5.74) is 0.983. The van der Waals surface area contributed by atoms with Crippen molar-refractivity contribution < 1.29 is 0 Å². The highest BCUT2D eigenvalue weighted by atomic mass is 79.9. The van der Waals surface area contributed by atoms with E-state index in [1.165, 1.54) is 4.88 Å². The third kappa shape index (κ3) is 3.14. The van der Waals surface area contributed by atoms with Gasteiger partial charge < -0.3 is 5.32 Å². The Morgan fingerprint density at radius 3 is 2.69 bits per heavy atom. The van der Waals surface area contributed by atoms with Crippen molar-refractivity contribution in [2.75, 3.05) is 5.32 Å². The van der Waals surface area contributed by atoms with Crippen molar-refractivity contribution in [3.8, 4) is 0 Å². The summed E-state index contributed by atoms with van der Waals surface area (Å²) in [7, 11) is 0. The highest BCUT2D eigenvalue weighted by Crippen LogP contribution is 2.27. The molecular formula is C11H8BrCl2NS. The van der Waals surface area contributed by atoms with E-state index >= 15 is 0 Å². The Labute approximate surface area is 117 Å². The van der Waals surface area contributed by atoms with Gasteiger partial charge in [0.05, 0.1) is 10.0 Å². The number of nitrogens with one attached hydrogen (secondary N) is 1. The summed E-state index contributed by atoms with van der Waals surface area (Å²) >= 11 is 16.8. The summed E-state index contributed by atoms with van der Waals surface area (Å²) in [5, 5.41) is 4.02. The van der Waals surface area contributed by atoms with Crippen molar-refractivity contribution in [2.45, 2.75) is 6.54 Å². The number of hydrogen-bond acceptors (Lipinski definition) is 2. The highest BCUT2D eigenvalue weighted by Gasteiger charge is 2.02. The lowest BCUT2D eigenvalue weighted by Gasteiger charge is -2.07. The first-order valence-corrected chi connectivity index (χ1v) is 6.95. The first-order chi connectivity index (χ1) is 7.65. The maximum absolute atomic E-state index is 5.92. The molecule has 0 aliphatic carbocycles. The molecule has 0 spiro atoms. The zero-order chi connectivity index (χ0) is 11.5. The van der Waals surface area contributed by atoms with Gasteiger partial charge in [-0.25, -0.2) is 0 Å². The van der Waals surface area contributed by atoms with Crippen LogP contribution in [0.1, 0.15) is 4.88 Å². The molecular weight excluding hydrogens is 329 g/mol. The van der Waals surface area contributed by atoms with Crippen molar-refractivity contribution in [1.29, 1.82) is 0 Å². The van der Waals surface area contributed by atoms with Gasteiger partial charge in [-0.15, -0.1) is 11.3 Å². The van der Waals surface area contributed by atoms with Crippen LogP contribution in [-0.4, -0.2) is 0 Å². The topological polar surface area (TPSA) is 12.0 Å². The lowest BCUT2D eigenvalue weighted by Crippen LogP contribution is -1.97. The Bertz CT molecular complexity index is 498. The van der Waals surface area contributed by atoms with Crippen molar-refractivity contribution in [2.24, 2.45) is 0 Å². The van der Waals surface area contributed by atoms with Gasteiger partial charge in [0.15, 0.2) is 0 Å². The van der Waals surface area contributed by atoms with Crippen LogP contribution in [0.2, 0.25) is 9.36 Å². The van der Waals surface area contributed by atoms with Gasteiger partial charge in [0, 0.05) is 20.9 Å². The second-order valence-corrected chi connectivity index (χ2v) is 6.27. The predicted molar refractivity (Wildman–Crippen MR) is 75.8 cm³/mol. The average Bonchev–Trinajstić information content (AvgIpc) is 2.66. The molecule has 1 aromatic heterocycles. The highest BCUT2D eigenvalue weighted by molar-refractivity contribution is 9.10. The molecule has 0 aliphatic rings. The fourth-order valence-corrected chi connectivity index (χ4v) is 2.85. The molecule has 0 fully saturated rings. The van der Waals surface area contributed by atoms with Crippen LogP contribution >= 0.6 is 50.5 Å². The molecule has 84 valence electrons. The molecule has 5 heteroatoms. The lowest BCUT2D eigenvalue weighted by atomic mass is 10.3.